The normalized spacial score (nSPS) is 21.7. The van der Waals surface area contributed by atoms with Crippen molar-refractivity contribution in [3.63, 3.8) is 0 Å². The Labute approximate surface area is 118 Å². The zero-order valence-electron chi connectivity index (χ0n) is 12.7. The lowest BCUT2D eigenvalue weighted by Gasteiger charge is -2.18. The number of aryl methyl sites for hydroxylation is 1. The highest BCUT2D eigenvalue weighted by atomic mass is 15.1. The summed E-state index contributed by atoms with van der Waals surface area (Å²) in [6.45, 7) is 8.15. The summed E-state index contributed by atoms with van der Waals surface area (Å²) in [5, 5.41) is 3.69. The number of benzene rings is 1. The van der Waals surface area contributed by atoms with Gasteiger partial charge in [-0.05, 0) is 56.9 Å². The Morgan fingerprint density at radius 1 is 1.32 bits per heavy atom. The topological polar surface area (TPSA) is 15.3 Å². The van der Waals surface area contributed by atoms with Crippen LogP contribution in [0.2, 0.25) is 0 Å². The van der Waals surface area contributed by atoms with Crippen LogP contribution in [0.1, 0.15) is 43.9 Å². The van der Waals surface area contributed by atoms with Gasteiger partial charge < -0.3 is 10.2 Å². The molecule has 1 saturated heterocycles. The minimum absolute atomic E-state index is 0.460. The van der Waals surface area contributed by atoms with Crippen LogP contribution in [0.5, 0.6) is 0 Å². The molecule has 2 rings (SSSR count). The number of nitrogens with zero attached hydrogens (tertiary/aromatic N) is 1. The number of nitrogens with one attached hydrogen (secondary N) is 1. The van der Waals surface area contributed by atoms with Crippen molar-refractivity contribution in [3.05, 3.63) is 35.4 Å². The summed E-state index contributed by atoms with van der Waals surface area (Å²) in [6, 6.07) is 9.58. The van der Waals surface area contributed by atoms with Crippen molar-refractivity contribution >= 4 is 0 Å². The maximum absolute atomic E-state index is 3.69. The zero-order valence-corrected chi connectivity index (χ0v) is 12.7. The molecule has 2 atom stereocenters. The van der Waals surface area contributed by atoms with Crippen LogP contribution in [0, 0.1) is 5.92 Å². The van der Waals surface area contributed by atoms with Gasteiger partial charge in [-0.3, -0.25) is 0 Å². The largest absolute Gasteiger partial charge is 0.310 e. The van der Waals surface area contributed by atoms with Crippen molar-refractivity contribution in [1.29, 1.82) is 0 Å². The Kier molecular flexibility index (Phi) is 5.41. The van der Waals surface area contributed by atoms with Crippen LogP contribution in [-0.4, -0.2) is 31.6 Å². The van der Waals surface area contributed by atoms with Gasteiger partial charge in [-0.1, -0.05) is 37.6 Å². The van der Waals surface area contributed by atoms with Crippen LogP contribution in [-0.2, 0) is 6.42 Å². The third kappa shape index (κ3) is 4.32. The quantitative estimate of drug-likeness (QED) is 0.844. The van der Waals surface area contributed by atoms with E-state index in [9.17, 15) is 0 Å². The van der Waals surface area contributed by atoms with E-state index in [0.29, 0.717) is 6.04 Å². The second kappa shape index (κ2) is 7.06. The predicted octanol–water partition coefficient (Wildman–Crippen LogP) is 3.24. The van der Waals surface area contributed by atoms with Gasteiger partial charge in [0.1, 0.15) is 0 Å². The molecule has 0 bridgehead atoms. The summed E-state index contributed by atoms with van der Waals surface area (Å²) < 4.78 is 0. The van der Waals surface area contributed by atoms with Crippen molar-refractivity contribution in [2.24, 2.45) is 5.92 Å². The van der Waals surface area contributed by atoms with E-state index in [1.807, 2.05) is 0 Å². The first-order valence-electron chi connectivity index (χ1n) is 7.69. The van der Waals surface area contributed by atoms with Gasteiger partial charge in [0.15, 0.2) is 0 Å². The van der Waals surface area contributed by atoms with Gasteiger partial charge >= 0.3 is 0 Å². The highest BCUT2D eigenvalue weighted by Gasteiger charge is 2.19. The highest BCUT2D eigenvalue weighted by molar-refractivity contribution is 5.24. The van der Waals surface area contributed by atoms with E-state index in [-0.39, 0.29) is 0 Å². The lowest BCUT2D eigenvalue weighted by Crippen LogP contribution is -2.27. The fourth-order valence-electron chi connectivity index (χ4n) is 2.92. The first-order valence-corrected chi connectivity index (χ1v) is 7.69. The first-order chi connectivity index (χ1) is 9.19. The molecule has 1 aromatic carbocycles. The van der Waals surface area contributed by atoms with E-state index < -0.39 is 0 Å². The van der Waals surface area contributed by atoms with E-state index in [0.717, 1.165) is 12.5 Å². The highest BCUT2D eigenvalue weighted by Crippen LogP contribution is 2.17. The van der Waals surface area contributed by atoms with Crippen LogP contribution < -0.4 is 5.32 Å². The Hall–Kier alpha value is -0.860. The number of likely N-dealkylation sites (tertiary alicyclic amines) is 1. The molecule has 2 unspecified atom stereocenters. The molecule has 1 aliphatic rings. The van der Waals surface area contributed by atoms with Crippen molar-refractivity contribution in [3.8, 4) is 0 Å². The third-order valence-electron chi connectivity index (χ3n) is 4.22. The summed E-state index contributed by atoms with van der Waals surface area (Å²) >= 11 is 0. The standard InChI is InChI=1S/C17H28N2/c1-4-5-15-6-8-17(9-7-15)14(2)18-12-16-10-11-19(3)13-16/h6-9,14,16,18H,4-5,10-13H2,1-3H3. The van der Waals surface area contributed by atoms with Crippen LogP contribution in [0.25, 0.3) is 0 Å². The van der Waals surface area contributed by atoms with E-state index >= 15 is 0 Å². The summed E-state index contributed by atoms with van der Waals surface area (Å²) in [5.41, 5.74) is 2.86. The molecule has 1 heterocycles. The molecule has 1 aliphatic heterocycles. The average molecular weight is 260 g/mol. The molecule has 0 radical (unpaired) electrons. The molecule has 0 spiro atoms. The van der Waals surface area contributed by atoms with Crippen LogP contribution in [0.3, 0.4) is 0 Å². The molecular weight excluding hydrogens is 232 g/mol. The maximum Gasteiger partial charge on any atom is 0.0291 e. The number of hydrogen-bond acceptors (Lipinski definition) is 2. The van der Waals surface area contributed by atoms with E-state index in [2.05, 4.69) is 55.4 Å². The van der Waals surface area contributed by atoms with Crippen LogP contribution >= 0.6 is 0 Å². The van der Waals surface area contributed by atoms with Gasteiger partial charge in [0, 0.05) is 12.6 Å². The SMILES string of the molecule is CCCc1ccc(C(C)NCC2CCN(C)C2)cc1. The summed E-state index contributed by atoms with van der Waals surface area (Å²) in [4.78, 5) is 2.43. The fraction of sp³-hybridized carbons (Fsp3) is 0.647. The maximum atomic E-state index is 3.69. The van der Waals surface area contributed by atoms with E-state index in [4.69, 9.17) is 0 Å². The van der Waals surface area contributed by atoms with Gasteiger partial charge in [0.05, 0.1) is 0 Å². The molecule has 1 fully saturated rings. The fourth-order valence-corrected chi connectivity index (χ4v) is 2.92. The third-order valence-corrected chi connectivity index (χ3v) is 4.22. The monoisotopic (exact) mass is 260 g/mol. The van der Waals surface area contributed by atoms with Crippen molar-refractivity contribution < 1.29 is 0 Å². The van der Waals surface area contributed by atoms with Gasteiger partial charge in [-0.15, -0.1) is 0 Å². The van der Waals surface area contributed by atoms with Crippen LogP contribution in [0.4, 0.5) is 0 Å². The van der Waals surface area contributed by atoms with E-state index in [1.54, 1.807) is 0 Å². The molecule has 2 nitrogen and oxygen atoms in total. The van der Waals surface area contributed by atoms with Gasteiger partial charge in [0.25, 0.3) is 0 Å². The Morgan fingerprint density at radius 3 is 2.63 bits per heavy atom. The molecule has 19 heavy (non-hydrogen) atoms. The Balaban J connectivity index is 1.80. The number of hydrogen-bond donors (Lipinski definition) is 1. The predicted molar refractivity (Wildman–Crippen MR) is 82.5 cm³/mol. The molecule has 0 aromatic heterocycles. The van der Waals surface area contributed by atoms with Crippen molar-refractivity contribution in [2.75, 3.05) is 26.7 Å². The van der Waals surface area contributed by atoms with Gasteiger partial charge in [0.2, 0.25) is 0 Å². The summed E-state index contributed by atoms with van der Waals surface area (Å²) in [7, 11) is 2.22. The zero-order chi connectivity index (χ0) is 13.7. The molecular formula is C17H28N2. The lowest BCUT2D eigenvalue weighted by molar-refractivity contribution is 0.382. The van der Waals surface area contributed by atoms with Crippen molar-refractivity contribution in [1.82, 2.24) is 10.2 Å². The minimum atomic E-state index is 0.460. The summed E-state index contributed by atoms with van der Waals surface area (Å²) in [6.07, 6.45) is 3.75. The minimum Gasteiger partial charge on any atom is -0.310 e. The van der Waals surface area contributed by atoms with Crippen LogP contribution in [0.15, 0.2) is 24.3 Å². The Morgan fingerprint density at radius 2 is 2.05 bits per heavy atom. The lowest BCUT2D eigenvalue weighted by atomic mass is 10.0. The molecule has 106 valence electrons. The average Bonchev–Trinajstić information content (AvgIpc) is 2.83. The van der Waals surface area contributed by atoms with Crippen molar-refractivity contribution in [2.45, 2.75) is 39.2 Å². The second-order valence-electron chi connectivity index (χ2n) is 6.04. The molecule has 0 aliphatic carbocycles. The van der Waals surface area contributed by atoms with E-state index in [1.165, 1.54) is 43.5 Å². The first kappa shape index (κ1) is 14.5. The number of rotatable bonds is 6. The smallest absolute Gasteiger partial charge is 0.0291 e. The molecule has 2 heteroatoms. The molecule has 1 aromatic rings. The molecule has 0 amide bonds. The second-order valence-corrected chi connectivity index (χ2v) is 6.04. The molecule has 0 saturated carbocycles. The Bertz CT molecular complexity index is 371. The summed E-state index contributed by atoms with van der Waals surface area (Å²) in [5.74, 6) is 0.826. The van der Waals surface area contributed by atoms with Gasteiger partial charge in [-0.25, -0.2) is 0 Å². The van der Waals surface area contributed by atoms with Gasteiger partial charge in [-0.2, -0.15) is 0 Å². The molecule has 1 N–H and O–H groups in total.